The minimum Gasteiger partial charge on any atom is -0.350 e. The van der Waals surface area contributed by atoms with Gasteiger partial charge in [-0.1, -0.05) is 23.7 Å². The van der Waals surface area contributed by atoms with Crippen molar-refractivity contribution in [3.63, 3.8) is 0 Å². The topological polar surface area (TPSA) is 58.4 Å². The van der Waals surface area contributed by atoms with Crippen LogP contribution in [-0.4, -0.2) is 28.6 Å². The highest BCUT2D eigenvalue weighted by Crippen LogP contribution is 2.22. The van der Waals surface area contributed by atoms with Crippen molar-refractivity contribution in [3.05, 3.63) is 71.7 Å². The van der Waals surface area contributed by atoms with Gasteiger partial charge >= 0.3 is 0 Å². The first-order valence-electron chi connectivity index (χ1n) is 9.95. The third kappa shape index (κ3) is 4.71. The first kappa shape index (κ1) is 19.3. The number of carbonyl (C=O) groups excluding carboxylic acids is 1. The summed E-state index contributed by atoms with van der Waals surface area (Å²) in [4.78, 5) is 15.0. The molecule has 1 N–H and O–H groups in total. The summed E-state index contributed by atoms with van der Waals surface area (Å²) in [5, 5.41) is 6.79. The van der Waals surface area contributed by atoms with Crippen LogP contribution >= 0.6 is 0 Å². The van der Waals surface area contributed by atoms with Crippen LogP contribution in [0.2, 0.25) is 0 Å². The van der Waals surface area contributed by atoms with Crippen molar-refractivity contribution in [3.8, 4) is 11.3 Å². The van der Waals surface area contributed by atoms with Gasteiger partial charge in [0, 0.05) is 29.9 Å². The molecule has 0 radical (unpaired) electrons. The second-order valence-electron chi connectivity index (χ2n) is 7.55. The van der Waals surface area contributed by atoms with Crippen LogP contribution in [0.25, 0.3) is 11.3 Å². The van der Waals surface area contributed by atoms with Crippen LogP contribution in [0, 0.1) is 5.82 Å². The molecule has 1 amide bonds. The van der Waals surface area contributed by atoms with E-state index in [0.29, 0.717) is 17.3 Å². The van der Waals surface area contributed by atoms with Crippen molar-refractivity contribution < 1.29 is 13.7 Å². The highest BCUT2D eigenvalue weighted by atomic mass is 19.1. The Morgan fingerprint density at radius 2 is 2.03 bits per heavy atom. The number of anilines is 1. The third-order valence-corrected chi connectivity index (χ3v) is 5.39. The molecular formula is C23H24FN3O2. The van der Waals surface area contributed by atoms with E-state index in [2.05, 4.69) is 28.4 Å². The first-order valence-corrected chi connectivity index (χ1v) is 9.95. The van der Waals surface area contributed by atoms with Crippen LogP contribution in [0.4, 0.5) is 10.1 Å². The van der Waals surface area contributed by atoms with Crippen molar-refractivity contribution >= 4 is 11.6 Å². The van der Waals surface area contributed by atoms with Gasteiger partial charge in [0.25, 0.3) is 5.91 Å². The molecule has 1 unspecified atom stereocenters. The van der Waals surface area contributed by atoms with E-state index in [4.69, 9.17) is 4.52 Å². The van der Waals surface area contributed by atoms with Gasteiger partial charge in [0.15, 0.2) is 0 Å². The lowest BCUT2D eigenvalue weighted by molar-refractivity contribution is 0.0988. The monoisotopic (exact) mass is 393 g/mol. The molecule has 150 valence electrons. The van der Waals surface area contributed by atoms with Gasteiger partial charge in [0.1, 0.15) is 11.5 Å². The number of amides is 1. The van der Waals surface area contributed by atoms with Crippen molar-refractivity contribution in [1.29, 1.82) is 0 Å². The van der Waals surface area contributed by atoms with Gasteiger partial charge in [0.2, 0.25) is 5.76 Å². The van der Waals surface area contributed by atoms with E-state index >= 15 is 0 Å². The van der Waals surface area contributed by atoms with E-state index in [0.717, 1.165) is 18.8 Å². The Hall–Kier alpha value is -2.99. The number of benzene rings is 2. The Balaban J connectivity index is 1.43. The van der Waals surface area contributed by atoms with Crippen molar-refractivity contribution in [2.24, 2.45) is 0 Å². The number of carbonyl (C=O) groups is 1. The van der Waals surface area contributed by atoms with E-state index < -0.39 is 0 Å². The first-order chi connectivity index (χ1) is 14.1. The Morgan fingerprint density at radius 3 is 2.83 bits per heavy atom. The van der Waals surface area contributed by atoms with E-state index in [1.807, 2.05) is 18.2 Å². The minimum absolute atomic E-state index is 0.111. The molecule has 1 saturated heterocycles. The minimum atomic E-state index is -0.366. The fraction of sp³-hybridized carbons (Fsp3) is 0.304. The van der Waals surface area contributed by atoms with Crippen molar-refractivity contribution in [2.75, 3.05) is 11.9 Å². The maximum absolute atomic E-state index is 13.1. The van der Waals surface area contributed by atoms with E-state index in [-0.39, 0.29) is 17.5 Å². The third-order valence-electron chi connectivity index (χ3n) is 5.39. The normalized spacial score (nSPS) is 17.2. The average Bonchev–Trinajstić information content (AvgIpc) is 3.21. The Kier molecular flexibility index (Phi) is 5.71. The summed E-state index contributed by atoms with van der Waals surface area (Å²) in [6, 6.07) is 15.9. The number of piperidine rings is 1. The number of aromatic nitrogens is 1. The predicted molar refractivity (Wildman–Crippen MR) is 110 cm³/mol. The molecule has 1 atom stereocenters. The zero-order valence-corrected chi connectivity index (χ0v) is 16.4. The van der Waals surface area contributed by atoms with Gasteiger partial charge in [-0.2, -0.15) is 0 Å². The molecule has 2 aromatic carbocycles. The Morgan fingerprint density at radius 1 is 1.21 bits per heavy atom. The maximum atomic E-state index is 13.1. The summed E-state index contributed by atoms with van der Waals surface area (Å²) < 4.78 is 18.3. The number of hydrogen-bond donors (Lipinski definition) is 1. The summed E-state index contributed by atoms with van der Waals surface area (Å²) >= 11 is 0. The van der Waals surface area contributed by atoms with Gasteiger partial charge in [-0.15, -0.1) is 0 Å². The van der Waals surface area contributed by atoms with Crippen molar-refractivity contribution in [1.82, 2.24) is 10.1 Å². The summed E-state index contributed by atoms with van der Waals surface area (Å²) in [5.41, 5.74) is 3.06. The quantitative estimate of drug-likeness (QED) is 0.655. The van der Waals surface area contributed by atoms with Gasteiger partial charge in [-0.05, 0) is 68.3 Å². The summed E-state index contributed by atoms with van der Waals surface area (Å²) in [5.74, 6) is -0.581. The van der Waals surface area contributed by atoms with Crippen LogP contribution in [0.15, 0.2) is 59.1 Å². The molecule has 5 nitrogen and oxygen atoms in total. The molecule has 4 rings (SSSR count). The molecule has 1 fully saturated rings. The van der Waals surface area contributed by atoms with Gasteiger partial charge in [0.05, 0.1) is 0 Å². The van der Waals surface area contributed by atoms with E-state index in [1.165, 1.54) is 37.0 Å². The predicted octanol–water partition coefficient (Wildman–Crippen LogP) is 5.11. The summed E-state index contributed by atoms with van der Waals surface area (Å²) in [6.07, 6.45) is 3.77. The second kappa shape index (κ2) is 8.57. The lowest BCUT2D eigenvalue weighted by Gasteiger charge is -2.33. The molecule has 1 aliphatic heterocycles. The Bertz CT molecular complexity index is 984. The molecule has 0 aliphatic carbocycles. The Labute approximate surface area is 169 Å². The molecule has 29 heavy (non-hydrogen) atoms. The SMILES string of the molecule is CC1CCCCN1Cc1cccc(NC(=O)c2cc(-c3ccc(F)cc3)no2)c1. The summed E-state index contributed by atoms with van der Waals surface area (Å²) in [6.45, 7) is 4.26. The van der Waals surface area contributed by atoms with Crippen LogP contribution in [0.3, 0.4) is 0 Å². The van der Waals surface area contributed by atoms with Crippen LogP contribution in [-0.2, 0) is 6.54 Å². The maximum Gasteiger partial charge on any atom is 0.294 e. The van der Waals surface area contributed by atoms with Crippen LogP contribution < -0.4 is 5.32 Å². The molecule has 0 bridgehead atoms. The lowest BCUT2D eigenvalue weighted by Crippen LogP contribution is -2.36. The lowest BCUT2D eigenvalue weighted by atomic mass is 10.0. The number of rotatable bonds is 5. The average molecular weight is 393 g/mol. The highest BCUT2D eigenvalue weighted by molar-refractivity contribution is 6.02. The van der Waals surface area contributed by atoms with Gasteiger partial charge in [-0.3, -0.25) is 9.69 Å². The molecule has 0 saturated carbocycles. The fourth-order valence-corrected chi connectivity index (χ4v) is 3.71. The number of nitrogens with zero attached hydrogens (tertiary/aromatic N) is 2. The second-order valence-corrected chi connectivity index (χ2v) is 7.55. The standard InChI is InChI=1S/C23H24FN3O2/c1-16-5-2-3-12-27(16)15-17-6-4-7-20(13-17)25-23(28)22-14-21(26-29-22)18-8-10-19(24)11-9-18/h4,6-11,13-14,16H,2-3,5,12,15H2,1H3,(H,25,28). The van der Waals surface area contributed by atoms with Crippen molar-refractivity contribution in [2.45, 2.75) is 38.8 Å². The van der Waals surface area contributed by atoms with Crippen LogP contribution in [0.1, 0.15) is 42.3 Å². The summed E-state index contributed by atoms with van der Waals surface area (Å²) in [7, 11) is 0. The van der Waals surface area contributed by atoms with E-state index in [1.54, 1.807) is 18.2 Å². The molecule has 0 spiro atoms. The number of likely N-dealkylation sites (tertiary alicyclic amines) is 1. The van der Waals surface area contributed by atoms with Gasteiger partial charge in [-0.25, -0.2) is 4.39 Å². The number of nitrogens with one attached hydrogen (secondary N) is 1. The molecule has 2 heterocycles. The fourth-order valence-electron chi connectivity index (χ4n) is 3.71. The molecule has 6 heteroatoms. The molecule has 1 aromatic heterocycles. The number of halogens is 1. The zero-order chi connectivity index (χ0) is 20.2. The molecule has 3 aromatic rings. The molecule has 1 aliphatic rings. The van der Waals surface area contributed by atoms with Gasteiger partial charge < -0.3 is 9.84 Å². The largest absolute Gasteiger partial charge is 0.350 e. The van der Waals surface area contributed by atoms with Crippen LogP contribution in [0.5, 0.6) is 0 Å². The smallest absolute Gasteiger partial charge is 0.294 e. The highest BCUT2D eigenvalue weighted by Gasteiger charge is 2.19. The number of hydrogen-bond acceptors (Lipinski definition) is 4. The van der Waals surface area contributed by atoms with E-state index in [9.17, 15) is 9.18 Å². The molecular weight excluding hydrogens is 369 g/mol. The zero-order valence-electron chi connectivity index (χ0n) is 16.4.